The van der Waals surface area contributed by atoms with E-state index >= 15 is 0 Å². The summed E-state index contributed by atoms with van der Waals surface area (Å²) in [5.74, 6) is 0.0895. The van der Waals surface area contributed by atoms with Gasteiger partial charge in [-0.3, -0.25) is 4.79 Å². The predicted molar refractivity (Wildman–Crippen MR) is 80.8 cm³/mol. The van der Waals surface area contributed by atoms with E-state index in [-0.39, 0.29) is 5.91 Å². The summed E-state index contributed by atoms with van der Waals surface area (Å²) in [6, 6.07) is 6.17. The third kappa shape index (κ3) is 3.67. The highest BCUT2D eigenvalue weighted by atomic mass is 32.1. The highest BCUT2D eigenvalue weighted by Crippen LogP contribution is 2.27. The van der Waals surface area contributed by atoms with Crippen LogP contribution in [-0.4, -0.2) is 24.0 Å². The number of nitrogens with one attached hydrogen (secondary N) is 2. The van der Waals surface area contributed by atoms with E-state index < -0.39 is 0 Å². The van der Waals surface area contributed by atoms with E-state index in [1.807, 2.05) is 13.0 Å². The molecule has 4 nitrogen and oxygen atoms in total. The Bertz CT molecular complexity index is 565. The zero-order valence-electron chi connectivity index (χ0n) is 11.3. The normalized spacial score (nSPS) is 10.6. The minimum atomic E-state index is 0.0895. The number of carbonyl (C=O) groups excluding carboxylic acids is 1. The Morgan fingerprint density at radius 1 is 1.37 bits per heavy atom. The Balaban J connectivity index is 1.88. The third-order valence-electron chi connectivity index (χ3n) is 2.82. The average Bonchev–Trinajstić information content (AvgIpc) is 2.81. The predicted octanol–water partition coefficient (Wildman–Crippen LogP) is 2.93. The molecule has 1 heterocycles. The van der Waals surface area contributed by atoms with Crippen LogP contribution >= 0.6 is 11.3 Å². The lowest BCUT2D eigenvalue weighted by molar-refractivity contribution is -0.120. The van der Waals surface area contributed by atoms with Gasteiger partial charge in [0.15, 0.2) is 5.13 Å². The number of aromatic nitrogens is 1. The fourth-order valence-corrected chi connectivity index (χ4v) is 2.77. The molecule has 0 radical (unpaired) electrons. The molecule has 0 unspecified atom stereocenters. The molecule has 0 saturated heterocycles. The molecule has 5 heteroatoms. The van der Waals surface area contributed by atoms with Gasteiger partial charge in [-0.2, -0.15) is 0 Å². The number of carbonyl (C=O) groups is 1. The minimum Gasteiger partial charge on any atom is -0.361 e. The van der Waals surface area contributed by atoms with Crippen LogP contribution in [0.25, 0.3) is 10.2 Å². The molecular weight excluding hydrogens is 258 g/mol. The highest BCUT2D eigenvalue weighted by molar-refractivity contribution is 7.22. The Morgan fingerprint density at radius 3 is 2.95 bits per heavy atom. The van der Waals surface area contributed by atoms with Crippen molar-refractivity contribution < 1.29 is 4.79 Å². The number of rotatable bonds is 6. The van der Waals surface area contributed by atoms with Crippen LogP contribution in [0.3, 0.4) is 0 Å². The van der Waals surface area contributed by atoms with Gasteiger partial charge in [-0.05, 0) is 25.0 Å². The summed E-state index contributed by atoms with van der Waals surface area (Å²) in [6.07, 6.45) is 1.45. The quantitative estimate of drug-likeness (QED) is 0.853. The van der Waals surface area contributed by atoms with Crippen molar-refractivity contribution in [3.05, 3.63) is 23.8 Å². The maximum atomic E-state index is 11.5. The number of nitrogens with zero attached hydrogens (tertiary/aromatic N) is 1. The second-order valence-corrected chi connectivity index (χ2v) is 5.50. The van der Waals surface area contributed by atoms with Gasteiger partial charge in [-0.15, -0.1) is 0 Å². The van der Waals surface area contributed by atoms with Crippen molar-refractivity contribution in [3.63, 3.8) is 0 Å². The molecule has 0 atom stereocenters. The van der Waals surface area contributed by atoms with E-state index in [0.29, 0.717) is 13.0 Å². The SMILES string of the molecule is CCCNC(=O)CCNc1nc2c(C)cccc2s1. The van der Waals surface area contributed by atoms with Gasteiger partial charge in [0.1, 0.15) is 0 Å². The van der Waals surface area contributed by atoms with Crippen molar-refractivity contribution in [2.24, 2.45) is 0 Å². The second-order valence-electron chi connectivity index (χ2n) is 4.47. The van der Waals surface area contributed by atoms with Crippen molar-refractivity contribution in [2.45, 2.75) is 26.7 Å². The zero-order valence-corrected chi connectivity index (χ0v) is 12.1. The Labute approximate surface area is 117 Å². The largest absolute Gasteiger partial charge is 0.361 e. The number of aryl methyl sites for hydroxylation is 1. The van der Waals surface area contributed by atoms with E-state index in [1.165, 1.54) is 10.3 Å². The van der Waals surface area contributed by atoms with Crippen molar-refractivity contribution >= 4 is 32.6 Å². The summed E-state index contributed by atoms with van der Waals surface area (Å²) in [4.78, 5) is 16.0. The molecule has 2 N–H and O–H groups in total. The maximum absolute atomic E-state index is 11.5. The van der Waals surface area contributed by atoms with Crippen LogP contribution in [0.4, 0.5) is 5.13 Å². The summed E-state index contributed by atoms with van der Waals surface area (Å²) in [7, 11) is 0. The zero-order chi connectivity index (χ0) is 13.7. The first-order valence-corrected chi connectivity index (χ1v) is 7.39. The molecule has 19 heavy (non-hydrogen) atoms. The van der Waals surface area contributed by atoms with Gasteiger partial charge in [-0.1, -0.05) is 30.4 Å². The van der Waals surface area contributed by atoms with E-state index in [1.54, 1.807) is 11.3 Å². The first-order valence-electron chi connectivity index (χ1n) is 6.57. The van der Waals surface area contributed by atoms with E-state index in [2.05, 4.69) is 34.7 Å². The number of para-hydroxylation sites is 1. The van der Waals surface area contributed by atoms with Crippen molar-refractivity contribution in [3.8, 4) is 0 Å². The van der Waals surface area contributed by atoms with Crippen LogP contribution in [0.2, 0.25) is 0 Å². The Hall–Kier alpha value is -1.62. The monoisotopic (exact) mass is 277 g/mol. The average molecular weight is 277 g/mol. The molecule has 0 saturated carbocycles. The summed E-state index contributed by atoms with van der Waals surface area (Å²) < 4.78 is 1.18. The van der Waals surface area contributed by atoms with Gasteiger partial charge >= 0.3 is 0 Å². The van der Waals surface area contributed by atoms with Gasteiger partial charge in [0.25, 0.3) is 0 Å². The summed E-state index contributed by atoms with van der Waals surface area (Å²) >= 11 is 1.63. The van der Waals surface area contributed by atoms with E-state index in [4.69, 9.17) is 0 Å². The Morgan fingerprint density at radius 2 is 2.21 bits per heavy atom. The summed E-state index contributed by atoms with van der Waals surface area (Å²) in [5.41, 5.74) is 2.23. The number of fused-ring (bicyclic) bond motifs is 1. The molecule has 2 rings (SSSR count). The molecule has 1 aromatic carbocycles. The minimum absolute atomic E-state index is 0.0895. The number of hydrogen-bond acceptors (Lipinski definition) is 4. The van der Waals surface area contributed by atoms with Gasteiger partial charge in [0.2, 0.25) is 5.91 Å². The molecule has 0 spiro atoms. The number of hydrogen-bond donors (Lipinski definition) is 2. The molecule has 1 aromatic heterocycles. The van der Waals surface area contributed by atoms with Crippen LogP contribution in [-0.2, 0) is 4.79 Å². The van der Waals surface area contributed by atoms with Crippen molar-refractivity contribution in [1.29, 1.82) is 0 Å². The van der Waals surface area contributed by atoms with Crippen LogP contribution < -0.4 is 10.6 Å². The molecule has 0 bridgehead atoms. The van der Waals surface area contributed by atoms with Crippen LogP contribution in [0.1, 0.15) is 25.3 Å². The Kier molecular flexibility index (Phi) is 4.74. The summed E-state index contributed by atoms with van der Waals surface area (Å²) in [6.45, 7) is 5.47. The lowest BCUT2D eigenvalue weighted by Crippen LogP contribution is -2.25. The van der Waals surface area contributed by atoms with Gasteiger partial charge in [0.05, 0.1) is 10.2 Å². The number of thiazole rings is 1. The summed E-state index contributed by atoms with van der Waals surface area (Å²) in [5, 5.41) is 6.96. The lowest BCUT2D eigenvalue weighted by Gasteiger charge is -2.03. The molecule has 2 aromatic rings. The third-order valence-corrected chi connectivity index (χ3v) is 3.80. The fraction of sp³-hybridized carbons (Fsp3) is 0.429. The van der Waals surface area contributed by atoms with E-state index in [9.17, 15) is 4.79 Å². The molecular formula is C14H19N3OS. The topological polar surface area (TPSA) is 54.0 Å². The fourth-order valence-electron chi connectivity index (χ4n) is 1.80. The number of amides is 1. The molecule has 0 aliphatic carbocycles. The van der Waals surface area contributed by atoms with Crippen LogP contribution in [0.15, 0.2) is 18.2 Å². The van der Waals surface area contributed by atoms with Crippen molar-refractivity contribution in [2.75, 3.05) is 18.4 Å². The standard InChI is InChI=1S/C14H19N3OS/c1-3-8-15-12(18)7-9-16-14-17-13-10(2)5-4-6-11(13)19-14/h4-6H,3,7-9H2,1-2H3,(H,15,18)(H,16,17). The van der Waals surface area contributed by atoms with Gasteiger partial charge in [0, 0.05) is 19.5 Å². The second kappa shape index (κ2) is 6.52. The maximum Gasteiger partial charge on any atom is 0.221 e. The molecule has 0 aliphatic rings. The molecule has 102 valence electrons. The first kappa shape index (κ1) is 13.8. The van der Waals surface area contributed by atoms with Crippen LogP contribution in [0.5, 0.6) is 0 Å². The molecule has 1 amide bonds. The molecule has 0 fully saturated rings. The number of benzene rings is 1. The number of anilines is 1. The van der Waals surface area contributed by atoms with Gasteiger partial charge < -0.3 is 10.6 Å². The van der Waals surface area contributed by atoms with Gasteiger partial charge in [-0.25, -0.2) is 4.98 Å². The van der Waals surface area contributed by atoms with Crippen molar-refractivity contribution in [1.82, 2.24) is 10.3 Å². The van der Waals surface area contributed by atoms with E-state index in [0.717, 1.165) is 23.6 Å². The van der Waals surface area contributed by atoms with Crippen LogP contribution in [0, 0.1) is 6.92 Å². The highest BCUT2D eigenvalue weighted by Gasteiger charge is 2.06. The first-order chi connectivity index (χ1) is 9.20. The lowest BCUT2D eigenvalue weighted by atomic mass is 10.2. The molecule has 0 aliphatic heterocycles. The smallest absolute Gasteiger partial charge is 0.221 e.